The normalized spacial score (nSPS) is 12.5. The molecular weight excluding hydrogens is 191 g/mol. The highest BCUT2D eigenvalue weighted by Gasteiger charge is 2.19. The highest BCUT2D eigenvalue weighted by atomic mass is 19.1. The zero-order valence-electron chi connectivity index (χ0n) is 9.07. The quantitative estimate of drug-likeness (QED) is 0.757. The maximum atomic E-state index is 13.5. The minimum atomic E-state index is -0.485. The maximum Gasteiger partial charge on any atom is 0.129 e. The van der Waals surface area contributed by atoms with E-state index in [4.69, 9.17) is 5.26 Å². The molecule has 1 aromatic rings. The van der Waals surface area contributed by atoms with Gasteiger partial charge in [0.25, 0.3) is 0 Å². The Kier molecular flexibility index (Phi) is 4.26. The highest BCUT2D eigenvalue weighted by molar-refractivity contribution is 5.25. The van der Waals surface area contributed by atoms with Crippen LogP contribution in [0.1, 0.15) is 25.5 Å². The number of nitrogens with zero attached hydrogens (tertiary/aromatic N) is 2. The fraction of sp³-hybridized carbons (Fsp3) is 0.417. The molecule has 0 saturated carbocycles. The van der Waals surface area contributed by atoms with Gasteiger partial charge in [0, 0.05) is 5.56 Å². The number of benzene rings is 1. The second kappa shape index (κ2) is 5.47. The van der Waals surface area contributed by atoms with E-state index in [0.717, 1.165) is 13.1 Å². The van der Waals surface area contributed by atoms with Gasteiger partial charge in [-0.15, -0.1) is 0 Å². The molecule has 0 spiro atoms. The van der Waals surface area contributed by atoms with E-state index in [0.29, 0.717) is 5.56 Å². The summed E-state index contributed by atoms with van der Waals surface area (Å²) in [5.74, 6) is -0.309. The summed E-state index contributed by atoms with van der Waals surface area (Å²) in [6.07, 6.45) is 0. The van der Waals surface area contributed by atoms with Crippen LogP contribution in [0, 0.1) is 17.1 Å². The van der Waals surface area contributed by atoms with Crippen molar-refractivity contribution in [2.75, 3.05) is 13.1 Å². The second-order valence-corrected chi connectivity index (χ2v) is 3.27. The Balaban J connectivity index is 3.03. The molecule has 0 radical (unpaired) electrons. The van der Waals surface area contributed by atoms with Gasteiger partial charge < -0.3 is 0 Å². The molecule has 1 atom stereocenters. The van der Waals surface area contributed by atoms with Crippen molar-refractivity contribution < 1.29 is 4.39 Å². The molecule has 0 bridgehead atoms. The number of rotatable bonds is 4. The molecule has 15 heavy (non-hydrogen) atoms. The second-order valence-electron chi connectivity index (χ2n) is 3.27. The maximum absolute atomic E-state index is 13.5. The number of halogens is 1. The molecule has 0 saturated heterocycles. The van der Waals surface area contributed by atoms with Crippen molar-refractivity contribution in [1.29, 1.82) is 5.26 Å². The fourth-order valence-corrected chi connectivity index (χ4v) is 1.63. The van der Waals surface area contributed by atoms with Gasteiger partial charge in [-0.25, -0.2) is 4.39 Å². The van der Waals surface area contributed by atoms with Crippen LogP contribution in [0.15, 0.2) is 24.3 Å². The van der Waals surface area contributed by atoms with Crippen LogP contribution in [-0.4, -0.2) is 18.0 Å². The van der Waals surface area contributed by atoms with Crippen molar-refractivity contribution in [3.05, 3.63) is 35.6 Å². The summed E-state index contributed by atoms with van der Waals surface area (Å²) in [6, 6.07) is 8.11. The van der Waals surface area contributed by atoms with Crippen molar-refractivity contribution in [2.45, 2.75) is 19.9 Å². The molecule has 0 N–H and O–H groups in total. The lowest BCUT2D eigenvalue weighted by atomic mass is 10.1. The standard InChI is InChI=1S/C12H15FN2/c1-3-15(4-2)12(9-14)10-7-5-6-8-11(10)13/h5-8,12H,3-4H2,1-2H3. The highest BCUT2D eigenvalue weighted by Crippen LogP contribution is 2.21. The molecule has 0 amide bonds. The van der Waals surface area contributed by atoms with Crippen molar-refractivity contribution in [1.82, 2.24) is 4.90 Å². The molecule has 0 aromatic heterocycles. The summed E-state index contributed by atoms with van der Waals surface area (Å²) >= 11 is 0. The van der Waals surface area contributed by atoms with E-state index in [-0.39, 0.29) is 5.82 Å². The Morgan fingerprint density at radius 1 is 1.33 bits per heavy atom. The van der Waals surface area contributed by atoms with Crippen LogP contribution in [0.25, 0.3) is 0 Å². The summed E-state index contributed by atoms with van der Waals surface area (Å²) in [5.41, 5.74) is 0.462. The third kappa shape index (κ3) is 2.54. The summed E-state index contributed by atoms with van der Waals surface area (Å²) < 4.78 is 13.5. The van der Waals surface area contributed by atoms with E-state index in [1.54, 1.807) is 18.2 Å². The molecule has 1 rings (SSSR count). The first kappa shape index (κ1) is 11.7. The molecule has 0 aliphatic heterocycles. The van der Waals surface area contributed by atoms with Crippen LogP contribution in [0.4, 0.5) is 4.39 Å². The van der Waals surface area contributed by atoms with Gasteiger partial charge >= 0.3 is 0 Å². The molecule has 1 aromatic carbocycles. The predicted octanol–water partition coefficient (Wildman–Crippen LogP) is 2.73. The zero-order chi connectivity index (χ0) is 11.3. The molecule has 0 aliphatic rings. The van der Waals surface area contributed by atoms with E-state index in [1.165, 1.54) is 6.07 Å². The minimum Gasteiger partial charge on any atom is -0.285 e. The van der Waals surface area contributed by atoms with Gasteiger partial charge in [-0.3, -0.25) is 4.90 Å². The van der Waals surface area contributed by atoms with Gasteiger partial charge in [-0.2, -0.15) is 5.26 Å². The summed E-state index contributed by atoms with van der Waals surface area (Å²) in [6.45, 7) is 5.41. The van der Waals surface area contributed by atoms with Gasteiger partial charge in [0.1, 0.15) is 11.9 Å². The van der Waals surface area contributed by atoms with E-state index in [2.05, 4.69) is 6.07 Å². The molecule has 2 nitrogen and oxygen atoms in total. The van der Waals surface area contributed by atoms with Crippen LogP contribution >= 0.6 is 0 Å². The Morgan fingerprint density at radius 2 is 1.93 bits per heavy atom. The largest absolute Gasteiger partial charge is 0.285 e. The Hall–Kier alpha value is -1.40. The smallest absolute Gasteiger partial charge is 0.129 e. The van der Waals surface area contributed by atoms with E-state index < -0.39 is 6.04 Å². The van der Waals surface area contributed by atoms with Gasteiger partial charge in [-0.1, -0.05) is 32.0 Å². The van der Waals surface area contributed by atoms with E-state index >= 15 is 0 Å². The van der Waals surface area contributed by atoms with Crippen LogP contribution in [0.3, 0.4) is 0 Å². The topological polar surface area (TPSA) is 27.0 Å². The van der Waals surface area contributed by atoms with Crippen LogP contribution < -0.4 is 0 Å². The first-order valence-corrected chi connectivity index (χ1v) is 5.12. The SMILES string of the molecule is CCN(CC)C(C#N)c1ccccc1F. The average molecular weight is 206 g/mol. The number of nitriles is 1. The Bertz CT molecular complexity index is 353. The predicted molar refractivity (Wildman–Crippen MR) is 57.7 cm³/mol. The third-order valence-corrected chi connectivity index (χ3v) is 2.50. The molecule has 0 heterocycles. The zero-order valence-corrected chi connectivity index (χ0v) is 9.07. The van der Waals surface area contributed by atoms with Crippen molar-refractivity contribution in [3.8, 4) is 6.07 Å². The number of hydrogen-bond donors (Lipinski definition) is 0. The Morgan fingerprint density at radius 3 is 2.40 bits per heavy atom. The molecule has 0 aliphatic carbocycles. The third-order valence-electron chi connectivity index (χ3n) is 2.50. The summed E-state index contributed by atoms with van der Waals surface area (Å²) in [7, 11) is 0. The first-order valence-electron chi connectivity index (χ1n) is 5.12. The summed E-state index contributed by atoms with van der Waals surface area (Å²) in [5, 5.41) is 9.08. The van der Waals surface area contributed by atoms with Gasteiger partial charge in [0.2, 0.25) is 0 Å². The molecule has 3 heteroatoms. The Labute approximate surface area is 89.9 Å². The van der Waals surface area contributed by atoms with Gasteiger partial charge in [0.15, 0.2) is 0 Å². The monoisotopic (exact) mass is 206 g/mol. The first-order chi connectivity index (χ1) is 7.24. The molecule has 80 valence electrons. The van der Waals surface area contributed by atoms with Crippen molar-refractivity contribution in [3.63, 3.8) is 0 Å². The lowest BCUT2D eigenvalue weighted by Gasteiger charge is -2.24. The molecular formula is C12H15FN2. The summed E-state index contributed by atoms with van der Waals surface area (Å²) in [4.78, 5) is 1.93. The fourth-order valence-electron chi connectivity index (χ4n) is 1.63. The van der Waals surface area contributed by atoms with Crippen molar-refractivity contribution >= 4 is 0 Å². The number of hydrogen-bond acceptors (Lipinski definition) is 2. The van der Waals surface area contributed by atoms with Gasteiger partial charge in [-0.05, 0) is 19.2 Å². The van der Waals surface area contributed by atoms with Crippen LogP contribution in [0.2, 0.25) is 0 Å². The van der Waals surface area contributed by atoms with Crippen LogP contribution in [0.5, 0.6) is 0 Å². The van der Waals surface area contributed by atoms with Crippen molar-refractivity contribution in [2.24, 2.45) is 0 Å². The van der Waals surface area contributed by atoms with E-state index in [1.807, 2.05) is 18.7 Å². The van der Waals surface area contributed by atoms with Gasteiger partial charge in [0.05, 0.1) is 6.07 Å². The lowest BCUT2D eigenvalue weighted by Crippen LogP contribution is -2.28. The lowest BCUT2D eigenvalue weighted by molar-refractivity contribution is 0.258. The molecule has 1 unspecified atom stereocenters. The average Bonchev–Trinajstić information content (AvgIpc) is 2.27. The molecule has 0 fully saturated rings. The minimum absolute atomic E-state index is 0.309. The van der Waals surface area contributed by atoms with Crippen LogP contribution in [-0.2, 0) is 0 Å². The van der Waals surface area contributed by atoms with E-state index in [9.17, 15) is 4.39 Å².